The highest BCUT2D eigenvalue weighted by Gasteiger charge is 2.32. The van der Waals surface area contributed by atoms with Crippen LogP contribution >= 0.6 is 0 Å². The third-order valence-electron chi connectivity index (χ3n) is 7.11. The lowest BCUT2D eigenvalue weighted by molar-refractivity contribution is 0.134. The van der Waals surface area contributed by atoms with Gasteiger partial charge < -0.3 is 10.6 Å². The number of nitrogens with one attached hydrogen (secondary N) is 2. The van der Waals surface area contributed by atoms with Gasteiger partial charge >= 0.3 is 0 Å². The second-order valence-corrected chi connectivity index (χ2v) is 8.20. The first-order valence-corrected chi connectivity index (χ1v) is 10.3. The zero-order valence-corrected chi connectivity index (χ0v) is 16.0. The molecule has 0 amide bonds. The van der Waals surface area contributed by atoms with E-state index in [1.807, 2.05) is 7.05 Å². The van der Waals surface area contributed by atoms with Crippen molar-refractivity contribution >= 4 is 0 Å². The molecule has 2 nitrogen and oxygen atoms in total. The third kappa shape index (κ3) is 5.24. The topological polar surface area (TPSA) is 24.1 Å². The molecular weight excluding hydrogens is 280 g/mol. The fourth-order valence-electron chi connectivity index (χ4n) is 4.82. The van der Waals surface area contributed by atoms with Crippen molar-refractivity contribution in [3.63, 3.8) is 0 Å². The van der Waals surface area contributed by atoms with Crippen molar-refractivity contribution in [2.75, 3.05) is 20.1 Å². The molecule has 1 spiro atoms. The zero-order chi connectivity index (χ0) is 16.6. The van der Waals surface area contributed by atoms with Crippen molar-refractivity contribution in [1.29, 1.82) is 0 Å². The minimum Gasteiger partial charge on any atom is -0.392 e. The van der Waals surface area contributed by atoms with Gasteiger partial charge in [-0.25, -0.2) is 0 Å². The number of allylic oxidation sites excluding steroid dienone is 2. The summed E-state index contributed by atoms with van der Waals surface area (Å²) in [7, 11) is 2.02. The molecule has 0 unspecified atom stereocenters. The van der Waals surface area contributed by atoms with E-state index >= 15 is 0 Å². The smallest absolute Gasteiger partial charge is 0.00639 e. The Bertz CT molecular complexity index is 337. The van der Waals surface area contributed by atoms with E-state index in [2.05, 4.69) is 30.6 Å². The first kappa shape index (κ1) is 18.8. The van der Waals surface area contributed by atoms with Crippen LogP contribution in [-0.4, -0.2) is 20.1 Å². The molecule has 2 heteroatoms. The van der Waals surface area contributed by atoms with Crippen molar-refractivity contribution in [1.82, 2.24) is 10.6 Å². The van der Waals surface area contributed by atoms with E-state index < -0.39 is 0 Å². The van der Waals surface area contributed by atoms with Gasteiger partial charge in [-0.2, -0.15) is 0 Å². The Balaban J connectivity index is 0.000000167. The minimum absolute atomic E-state index is 0.625. The molecule has 2 fully saturated rings. The van der Waals surface area contributed by atoms with Crippen LogP contribution in [0.25, 0.3) is 0 Å². The lowest BCUT2D eigenvalue weighted by atomic mass is 9.68. The number of piperidine rings is 1. The number of hydrogen-bond donors (Lipinski definition) is 2. The lowest BCUT2D eigenvalue weighted by Gasteiger charge is -2.40. The van der Waals surface area contributed by atoms with E-state index in [4.69, 9.17) is 0 Å². The Kier molecular flexibility index (Phi) is 7.46. The zero-order valence-electron chi connectivity index (χ0n) is 16.0. The highest BCUT2D eigenvalue weighted by Crippen LogP contribution is 2.43. The van der Waals surface area contributed by atoms with Crippen LogP contribution in [0.2, 0.25) is 0 Å². The molecule has 2 aliphatic carbocycles. The Labute approximate surface area is 144 Å². The van der Waals surface area contributed by atoms with Crippen LogP contribution in [0.3, 0.4) is 0 Å². The summed E-state index contributed by atoms with van der Waals surface area (Å²) in [5, 5.41) is 6.71. The maximum atomic E-state index is 3.46. The summed E-state index contributed by atoms with van der Waals surface area (Å²) in [6.45, 7) is 7.20. The Hall–Kier alpha value is -0.500. The van der Waals surface area contributed by atoms with E-state index in [0.29, 0.717) is 5.41 Å². The summed E-state index contributed by atoms with van der Waals surface area (Å²) < 4.78 is 0. The molecule has 0 radical (unpaired) electrons. The first-order chi connectivity index (χ1) is 11.2. The Morgan fingerprint density at radius 1 is 0.957 bits per heavy atom. The summed E-state index contributed by atoms with van der Waals surface area (Å²) in [6.07, 6.45) is 19.4. The van der Waals surface area contributed by atoms with Gasteiger partial charge in [-0.15, -0.1) is 0 Å². The molecule has 2 N–H and O–H groups in total. The molecule has 3 rings (SSSR count). The molecule has 134 valence electrons. The summed E-state index contributed by atoms with van der Waals surface area (Å²) in [6, 6.07) is 0. The quantitative estimate of drug-likeness (QED) is 0.727. The van der Waals surface area contributed by atoms with Crippen molar-refractivity contribution in [3.8, 4) is 0 Å². The standard InChI is InChI=1S/C11H21N.C10H19N/c1-4-11(5-2)8-6-10(12-3)7-9-11;1-2-4-10(5-3-1)6-8-11-9-7-10/h6,12H,4-5,7-9H2,1-3H3;11H,1-9H2. The Morgan fingerprint density at radius 2 is 1.61 bits per heavy atom. The van der Waals surface area contributed by atoms with Crippen LogP contribution in [0.1, 0.15) is 90.9 Å². The van der Waals surface area contributed by atoms with Crippen LogP contribution in [0.5, 0.6) is 0 Å². The van der Waals surface area contributed by atoms with Crippen LogP contribution in [0, 0.1) is 10.8 Å². The Morgan fingerprint density at radius 3 is 2.09 bits per heavy atom. The molecule has 0 atom stereocenters. The van der Waals surface area contributed by atoms with Crippen molar-refractivity contribution in [2.45, 2.75) is 90.9 Å². The third-order valence-corrected chi connectivity index (χ3v) is 7.11. The lowest BCUT2D eigenvalue weighted by Crippen LogP contribution is -2.37. The predicted octanol–water partition coefficient (Wildman–Crippen LogP) is 5.40. The highest BCUT2D eigenvalue weighted by molar-refractivity contribution is 5.07. The van der Waals surface area contributed by atoms with Gasteiger partial charge in [-0.1, -0.05) is 52.0 Å². The van der Waals surface area contributed by atoms with E-state index in [-0.39, 0.29) is 0 Å². The van der Waals surface area contributed by atoms with Crippen molar-refractivity contribution in [2.24, 2.45) is 10.8 Å². The average Bonchev–Trinajstić information content (AvgIpc) is 2.64. The molecule has 1 heterocycles. The number of rotatable bonds is 3. The van der Waals surface area contributed by atoms with Crippen molar-refractivity contribution < 1.29 is 0 Å². The molecule has 1 saturated carbocycles. The van der Waals surface area contributed by atoms with Crippen LogP contribution in [0.15, 0.2) is 11.8 Å². The summed E-state index contributed by atoms with van der Waals surface area (Å²) in [5.41, 5.74) is 2.86. The van der Waals surface area contributed by atoms with Gasteiger partial charge in [-0.05, 0) is 68.9 Å². The molecule has 3 aliphatic rings. The van der Waals surface area contributed by atoms with Gasteiger partial charge in [0.1, 0.15) is 0 Å². The fraction of sp³-hybridized carbons (Fsp3) is 0.905. The molecule has 1 saturated heterocycles. The molecule has 23 heavy (non-hydrogen) atoms. The molecular formula is C21H40N2. The second-order valence-electron chi connectivity index (χ2n) is 8.20. The molecule has 1 aliphatic heterocycles. The fourth-order valence-corrected chi connectivity index (χ4v) is 4.82. The van der Waals surface area contributed by atoms with Crippen LogP contribution in [0.4, 0.5) is 0 Å². The first-order valence-electron chi connectivity index (χ1n) is 10.3. The van der Waals surface area contributed by atoms with E-state index in [1.54, 1.807) is 0 Å². The van der Waals surface area contributed by atoms with E-state index in [1.165, 1.54) is 95.8 Å². The van der Waals surface area contributed by atoms with Gasteiger partial charge in [0.25, 0.3) is 0 Å². The predicted molar refractivity (Wildman–Crippen MR) is 102 cm³/mol. The maximum absolute atomic E-state index is 3.46. The van der Waals surface area contributed by atoms with E-state index in [0.717, 1.165) is 5.41 Å². The van der Waals surface area contributed by atoms with Gasteiger partial charge in [0.05, 0.1) is 0 Å². The monoisotopic (exact) mass is 320 g/mol. The highest BCUT2D eigenvalue weighted by atomic mass is 14.9. The minimum atomic E-state index is 0.625. The normalized spacial score (nSPS) is 26.0. The summed E-state index contributed by atoms with van der Waals surface area (Å²) in [4.78, 5) is 0. The SMILES string of the molecule is C1CCC2(CC1)CCNCC2.CCC1(CC)CC=C(NC)CC1. The largest absolute Gasteiger partial charge is 0.392 e. The van der Waals surface area contributed by atoms with Gasteiger partial charge in [-0.3, -0.25) is 0 Å². The van der Waals surface area contributed by atoms with Crippen LogP contribution in [-0.2, 0) is 0 Å². The average molecular weight is 321 g/mol. The van der Waals surface area contributed by atoms with Gasteiger partial charge in [0, 0.05) is 12.7 Å². The summed E-state index contributed by atoms with van der Waals surface area (Å²) in [5.74, 6) is 0. The molecule has 0 aromatic carbocycles. The van der Waals surface area contributed by atoms with Gasteiger partial charge in [0.2, 0.25) is 0 Å². The van der Waals surface area contributed by atoms with Crippen LogP contribution < -0.4 is 10.6 Å². The molecule has 0 aromatic heterocycles. The van der Waals surface area contributed by atoms with E-state index in [9.17, 15) is 0 Å². The van der Waals surface area contributed by atoms with Gasteiger partial charge in [0.15, 0.2) is 0 Å². The molecule has 0 bridgehead atoms. The second kappa shape index (κ2) is 9.11. The summed E-state index contributed by atoms with van der Waals surface area (Å²) >= 11 is 0. The maximum Gasteiger partial charge on any atom is 0.00639 e. The van der Waals surface area contributed by atoms with Crippen molar-refractivity contribution in [3.05, 3.63) is 11.8 Å². The molecule has 0 aromatic rings. The number of hydrogen-bond acceptors (Lipinski definition) is 2.